The van der Waals surface area contributed by atoms with Gasteiger partial charge in [-0.15, -0.1) is 12.4 Å². The van der Waals surface area contributed by atoms with Gasteiger partial charge >= 0.3 is 0 Å². The molecule has 0 radical (unpaired) electrons. The van der Waals surface area contributed by atoms with Gasteiger partial charge in [-0.3, -0.25) is 4.79 Å². The van der Waals surface area contributed by atoms with Crippen LogP contribution < -0.4 is 10.6 Å². The quantitative estimate of drug-likeness (QED) is 0.754. The summed E-state index contributed by atoms with van der Waals surface area (Å²) < 4.78 is 25.8. The maximum Gasteiger partial charge on any atom is 0.242 e. The van der Waals surface area contributed by atoms with Crippen LogP contribution in [-0.2, 0) is 21.4 Å². The molecule has 1 saturated heterocycles. The molecule has 0 saturated carbocycles. The lowest BCUT2D eigenvalue weighted by Crippen LogP contribution is -2.27. The Hall–Kier alpha value is -1.15. The van der Waals surface area contributed by atoms with Crippen LogP contribution in [0.25, 0.3) is 0 Å². The molecule has 1 unspecified atom stereocenters. The zero-order valence-corrected chi connectivity index (χ0v) is 15.8. The van der Waals surface area contributed by atoms with E-state index in [0.717, 1.165) is 25.9 Å². The average Bonchev–Trinajstić information content (AvgIpc) is 3.04. The SMILES string of the molecule is CN(C)S(=O)(=O)c1ccccc1CNC(=O)CCC1CCNC1.Cl. The van der Waals surface area contributed by atoms with Gasteiger partial charge in [0.15, 0.2) is 0 Å². The monoisotopic (exact) mass is 375 g/mol. The van der Waals surface area contributed by atoms with Gasteiger partial charge in [-0.25, -0.2) is 12.7 Å². The van der Waals surface area contributed by atoms with E-state index in [4.69, 9.17) is 0 Å². The minimum atomic E-state index is -3.51. The molecule has 0 aromatic heterocycles. The molecule has 136 valence electrons. The molecule has 0 bridgehead atoms. The fourth-order valence-electron chi connectivity index (χ4n) is 2.68. The summed E-state index contributed by atoms with van der Waals surface area (Å²) in [6.45, 7) is 2.24. The Labute approximate surface area is 150 Å². The lowest BCUT2D eigenvalue weighted by atomic mass is 10.0. The molecule has 1 atom stereocenters. The molecule has 1 fully saturated rings. The summed E-state index contributed by atoms with van der Waals surface area (Å²) in [5.41, 5.74) is 0.608. The maximum absolute atomic E-state index is 12.3. The third-order valence-corrected chi connectivity index (χ3v) is 6.06. The molecule has 8 heteroatoms. The number of rotatable bonds is 7. The van der Waals surface area contributed by atoms with Gasteiger partial charge in [0.05, 0.1) is 4.90 Å². The molecule has 1 heterocycles. The molecule has 24 heavy (non-hydrogen) atoms. The zero-order chi connectivity index (χ0) is 16.9. The van der Waals surface area contributed by atoms with Crippen molar-refractivity contribution < 1.29 is 13.2 Å². The highest BCUT2D eigenvalue weighted by molar-refractivity contribution is 7.89. The summed E-state index contributed by atoms with van der Waals surface area (Å²) in [5, 5.41) is 6.12. The number of sulfonamides is 1. The van der Waals surface area contributed by atoms with E-state index < -0.39 is 10.0 Å². The van der Waals surface area contributed by atoms with Crippen LogP contribution in [0.5, 0.6) is 0 Å². The van der Waals surface area contributed by atoms with E-state index >= 15 is 0 Å². The van der Waals surface area contributed by atoms with Crippen LogP contribution in [0.3, 0.4) is 0 Å². The number of hydrogen-bond donors (Lipinski definition) is 2. The molecule has 0 aliphatic carbocycles. The molecule has 1 aromatic rings. The van der Waals surface area contributed by atoms with E-state index in [1.165, 1.54) is 18.4 Å². The van der Waals surface area contributed by atoms with Gasteiger partial charge < -0.3 is 10.6 Å². The van der Waals surface area contributed by atoms with Crippen molar-refractivity contribution in [2.24, 2.45) is 5.92 Å². The van der Waals surface area contributed by atoms with E-state index in [-0.39, 0.29) is 29.8 Å². The van der Waals surface area contributed by atoms with Crippen molar-refractivity contribution >= 4 is 28.3 Å². The number of nitrogens with zero attached hydrogens (tertiary/aromatic N) is 1. The number of amides is 1. The van der Waals surface area contributed by atoms with Crippen molar-refractivity contribution in [2.75, 3.05) is 27.2 Å². The third-order valence-electron chi connectivity index (χ3n) is 4.15. The predicted octanol–water partition coefficient (Wildman–Crippen LogP) is 1.36. The Bertz CT molecular complexity index is 644. The van der Waals surface area contributed by atoms with Crippen molar-refractivity contribution in [3.05, 3.63) is 29.8 Å². The second kappa shape index (κ2) is 9.36. The minimum absolute atomic E-state index is 0. The number of carbonyl (C=O) groups is 1. The Morgan fingerprint density at radius 2 is 2.04 bits per heavy atom. The van der Waals surface area contributed by atoms with Crippen molar-refractivity contribution in [3.63, 3.8) is 0 Å². The summed E-state index contributed by atoms with van der Waals surface area (Å²) in [6.07, 6.45) is 2.47. The van der Waals surface area contributed by atoms with Crippen LogP contribution in [0.15, 0.2) is 29.2 Å². The molecule has 1 aromatic carbocycles. The standard InChI is InChI=1S/C16H25N3O3S.ClH/c1-19(2)23(21,22)15-6-4-3-5-14(15)12-18-16(20)8-7-13-9-10-17-11-13;/h3-6,13,17H,7-12H2,1-2H3,(H,18,20);1H. The number of hydrogen-bond acceptors (Lipinski definition) is 4. The van der Waals surface area contributed by atoms with E-state index in [2.05, 4.69) is 10.6 Å². The minimum Gasteiger partial charge on any atom is -0.352 e. The summed E-state index contributed by atoms with van der Waals surface area (Å²) in [7, 11) is -0.506. The van der Waals surface area contributed by atoms with Crippen molar-refractivity contribution in [1.29, 1.82) is 0 Å². The number of carbonyl (C=O) groups excluding carboxylic acids is 1. The predicted molar refractivity (Wildman–Crippen MR) is 96.6 cm³/mol. The fraction of sp³-hybridized carbons (Fsp3) is 0.562. The molecule has 0 spiro atoms. The number of halogens is 1. The van der Waals surface area contributed by atoms with Crippen LogP contribution >= 0.6 is 12.4 Å². The first kappa shape index (κ1) is 20.9. The summed E-state index contributed by atoms with van der Waals surface area (Å²) >= 11 is 0. The fourth-order valence-corrected chi connectivity index (χ4v) is 3.79. The van der Waals surface area contributed by atoms with Crippen LogP contribution in [0.4, 0.5) is 0 Å². The smallest absolute Gasteiger partial charge is 0.242 e. The van der Waals surface area contributed by atoms with Crippen LogP contribution in [0.1, 0.15) is 24.8 Å². The second-order valence-corrected chi connectivity index (χ2v) is 8.19. The van der Waals surface area contributed by atoms with Crippen LogP contribution in [-0.4, -0.2) is 45.8 Å². The first-order valence-corrected chi connectivity index (χ1v) is 9.33. The Morgan fingerprint density at radius 1 is 1.33 bits per heavy atom. The Morgan fingerprint density at radius 3 is 2.67 bits per heavy atom. The topological polar surface area (TPSA) is 78.5 Å². The Balaban J connectivity index is 0.00000288. The number of benzene rings is 1. The van der Waals surface area contributed by atoms with Crippen LogP contribution in [0, 0.1) is 5.92 Å². The van der Waals surface area contributed by atoms with E-state index in [1.54, 1.807) is 24.3 Å². The first-order valence-electron chi connectivity index (χ1n) is 7.89. The van der Waals surface area contributed by atoms with Gasteiger partial charge in [0.1, 0.15) is 0 Å². The van der Waals surface area contributed by atoms with E-state index in [1.807, 2.05) is 0 Å². The van der Waals surface area contributed by atoms with E-state index in [0.29, 0.717) is 17.9 Å². The second-order valence-electron chi connectivity index (χ2n) is 6.07. The van der Waals surface area contributed by atoms with Crippen molar-refractivity contribution in [1.82, 2.24) is 14.9 Å². The molecule has 1 aliphatic heterocycles. The third kappa shape index (κ3) is 5.44. The highest BCUT2D eigenvalue weighted by Gasteiger charge is 2.21. The van der Waals surface area contributed by atoms with Crippen molar-refractivity contribution in [3.8, 4) is 0 Å². The summed E-state index contributed by atoms with van der Waals surface area (Å²) in [6, 6.07) is 6.77. The molecular weight excluding hydrogens is 350 g/mol. The molecule has 1 aliphatic rings. The molecule has 2 N–H and O–H groups in total. The first-order chi connectivity index (χ1) is 10.9. The normalized spacial score (nSPS) is 17.5. The molecular formula is C16H26ClN3O3S. The summed E-state index contributed by atoms with van der Waals surface area (Å²) in [5.74, 6) is 0.538. The largest absolute Gasteiger partial charge is 0.352 e. The zero-order valence-electron chi connectivity index (χ0n) is 14.1. The van der Waals surface area contributed by atoms with Gasteiger partial charge in [-0.1, -0.05) is 18.2 Å². The summed E-state index contributed by atoms with van der Waals surface area (Å²) in [4.78, 5) is 12.2. The van der Waals surface area contributed by atoms with Gasteiger partial charge in [-0.05, 0) is 43.5 Å². The molecule has 1 amide bonds. The highest BCUT2D eigenvalue weighted by atomic mass is 35.5. The van der Waals surface area contributed by atoms with Gasteiger partial charge in [0.2, 0.25) is 15.9 Å². The van der Waals surface area contributed by atoms with Gasteiger partial charge in [-0.2, -0.15) is 0 Å². The maximum atomic E-state index is 12.3. The van der Waals surface area contributed by atoms with Crippen molar-refractivity contribution in [2.45, 2.75) is 30.7 Å². The number of nitrogens with one attached hydrogen (secondary N) is 2. The molecule has 2 rings (SSSR count). The Kier molecular flexibility index (Phi) is 8.15. The lowest BCUT2D eigenvalue weighted by Gasteiger charge is -2.15. The van der Waals surface area contributed by atoms with Crippen LogP contribution in [0.2, 0.25) is 0 Å². The average molecular weight is 376 g/mol. The molecule has 6 nitrogen and oxygen atoms in total. The van der Waals surface area contributed by atoms with Gasteiger partial charge in [0.25, 0.3) is 0 Å². The highest BCUT2D eigenvalue weighted by Crippen LogP contribution is 2.18. The lowest BCUT2D eigenvalue weighted by molar-refractivity contribution is -0.121. The van der Waals surface area contributed by atoms with Gasteiger partial charge in [0, 0.05) is 27.1 Å². The van der Waals surface area contributed by atoms with E-state index in [9.17, 15) is 13.2 Å².